The largest absolute Gasteiger partial charge is 0.431 e. The van der Waals surface area contributed by atoms with Gasteiger partial charge >= 0.3 is 12.4 Å². The number of anilines is 2. The Kier molecular flexibility index (Phi) is 6.90. The van der Waals surface area contributed by atoms with Gasteiger partial charge in [-0.05, 0) is 42.8 Å². The Hall–Kier alpha value is -2.93. The summed E-state index contributed by atoms with van der Waals surface area (Å²) in [5.74, 6) is -2.23. The van der Waals surface area contributed by atoms with E-state index in [1.807, 2.05) is 0 Å². The number of alkyl halides is 6. The summed E-state index contributed by atoms with van der Waals surface area (Å²) in [5.41, 5.74) is -6.39. The number of hydrazone groups is 1. The van der Waals surface area contributed by atoms with Gasteiger partial charge in [0.05, 0.1) is 17.4 Å². The summed E-state index contributed by atoms with van der Waals surface area (Å²) >= 11 is 0. The first-order chi connectivity index (χ1) is 16.8. The van der Waals surface area contributed by atoms with Gasteiger partial charge in [0.1, 0.15) is 5.82 Å². The highest BCUT2D eigenvalue weighted by atomic mass is 19.4. The normalized spacial score (nSPS) is 19.9. The predicted octanol–water partition coefficient (Wildman–Crippen LogP) is 4.93. The molecule has 2 aromatic rings. The second kappa shape index (κ2) is 9.51. The number of benzene rings is 2. The number of nitrogens with zero attached hydrogens (tertiary/aromatic N) is 3. The first-order valence-corrected chi connectivity index (χ1v) is 11.1. The Morgan fingerprint density at radius 2 is 1.56 bits per heavy atom. The average Bonchev–Trinajstić information content (AvgIpc) is 3.04. The number of halogens is 8. The van der Waals surface area contributed by atoms with E-state index in [2.05, 4.69) is 15.3 Å². The highest BCUT2D eigenvalue weighted by Crippen LogP contribution is 2.49. The van der Waals surface area contributed by atoms with Gasteiger partial charge in [-0.15, -0.1) is 0 Å². The summed E-state index contributed by atoms with van der Waals surface area (Å²) in [6.07, 6.45) is -12.4. The molecule has 1 unspecified atom stereocenters. The number of hydrogen-bond donors (Lipinski definition) is 2. The molecule has 2 aliphatic heterocycles. The first-order valence-electron chi connectivity index (χ1n) is 11.1. The van der Waals surface area contributed by atoms with Crippen LogP contribution < -0.4 is 15.2 Å². The second-order valence-electron chi connectivity index (χ2n) is 8.59. The van der Waals surface area contributed by atoms with Crippen LogP contribution in [-0.4, -0.2) is 55.0 Å². The van der Waals surface area contributed by atoms with Crippen LogP contribution >= 0.6 is 0 Å². The Balaban J connectivity index is 1.75. The standard InChI is InChI=1S/C23H22F8N4O/c24-15-4-7-18(17(25)12-15)35-19(13-20(33-35)21(36,22(26,27)28)23(29,30)31)14-2-5-16(6-3-14)34-10-1-8-32-9-11-34/h2-7,12,19,32,36H,1,8-11,13H2. The van der Waals surface area contributed by atoms with Crippen LogP contribution in [-0.2, 0) is 0 Å². The minimum absolute atomic E-state index is 0.237. The van der Waals surface area contributed by atoms with E-state index >= 15 is 0 Å². The van der Waals surface area contributed by atoms with Crippen molar-refractivity contribution in [2.45, 2.75) is 36.8 Å². The Morgan fingerprint density at radius 1 is 0.889 bits per heavy atom. The molecule has 196 valence electrons. The topological polar surface area (TPSA) is 51.1 Å². The fourth-order valence-corrected chi connectivity index (χ4v) is 4.38. The van der Waals surface area contributed by atoms with Gasteiger partial charge in [-0.2, -0.15) is 31.4 Å². The van der Waals surface area contributed by atoms with Crippen LogP contribution in [0.3, 0.4) is 0 Å². The molecule has 0 saturated carbocycles. The maximum atomic E-state index is 14.6. The highest BCUT2D eigenvalue weighted by Gasteiger charge is 2.74. The molecule has 1 fully saturated rings. The molecule has 0 radical (unpaired) electrons. The van der Waals surface area contributed by atoms with Crippen LogP contribution in [0.2, 0.25) is 0 Å². The number of hydrogen-bond acceptors (Lipinski definition) is 5. The average molecular weight is 522 g/mol. The van der Waals surface area contributed by atoms with E-state index < -0.39 is 53.4 Å². The maximum absolute atomic E-state index is 14.6. The molecular weight excluding hydrogens is 500 g/mol. The second-order valence-corrected chi connectivity index (χ2v) is 8.59. The van der Waals surface area contributed by atoms with Crippen molar-refractivity contribution in [2.75, 3.05) is 36.1 Å². The molecule has 0 spiro atoms. The van der Waals surface area contributed by atoms with Crippen LogP contribution in [0.4, 0.5) is 46.5 Å². The van der Waals surface area contributed by atoms with Crippen LogP contribution in [0.5, 0.6) is 0 Å². The SMILES string of the molecule is OC(C1=NN(c2ccc(F)cc2F)C(c2ccc(N3CCCNCC3)cc2)C1)(C(F)(F)F)C(F)(F)F. The van der Waals surface area contributed by atoms with Gasteiger partial charge < -0.3 is 15.3 Å². The molecule has 1 saturated heterocycles. The molecule has 5 nitrogen and oxygen atoms in total. The summed E-state index contributed by atoms with van der Waals surface area (Å²) in [6.45, 7) is 3.04. The first kappa shape index (κ1) is 26.1. The molecule has 2 aliphatic rings. The van der Waals surface area contributed by atoms with Crippen LogP contribution in [0.15, 0.2) is 47.6 Å². The van der Waals surface area contributed by atoms with Crippen molar-refractivity contribution in [1.82, 2.24) is 5.32 Å². The molecule has 2 N–H and O–H groups in total. The number of aliphatic hydroxyl groups is 1. The van der Waals surface area contributed by atoms with Gasteiger partial charge in [0.15, 0.2) is 5.82 Å². The van der Waals surface area contributed by atoms with Gasteiger partial charge in [-0.3, -0.25) is 5.01 Å². The van der Waals surface area contributed by atoms with E-state index in [0.717, 1.165) is 43.9 Å². The lowest BCUT2D eigenvalue weighted by molar-refractivity contribution is -0.338. The molecule has 0 aromatic heterocycles. The van der Waals surface area contributed by atoms with Gasteiger partial charge in [-0.25, -0.2) is 8.78 Å². The third kappa shape index (κ3) is 4.73. The van der Waals surface area contributed by atoms with Crippen LogP contribution in [0, 0.1) is 11.6 Å². The van der Waals surface area contributed by atoms with E-state index in [1.165, 1.54) is 12.1 Å². The van der Waals surface area contributed by atoms with E-state index in [9.17, 15) is 40.2 Å². The quantitative estimate of drug-likeness (QED) is 0.560. The molecule has 1 atom stereocenters. The van der Waals surface area contributed by atoms with E-state index in [-0.39, 0.29) is 5.56 Å². The van der Waals surface area contributed by atoms with Gasteiger partial charge in [0.2, 0.25) is 0 Å². The predicted molar refractivity (Wildman–Crippen MR) is 117 cm³/mol. The smallest absolute Gasteiger partial charge is 0.370 e. The van der Waals surface area contributed by atoms with E-state index in [4.69, 9.17) is 0 Å². The van der Waals surface area contributed by atoms with Gasteiger partial charge in [0.25, 0.3) is 5.60 Å². The minimum Gasteiger partial charge on any atom is -0.370 e. The van der Waals surface area contributed by atoms with Gasteiger partial charge in [-0.1, -0.05) is 12.1 Å². The van der Waals surface area contributed by atoms with Crippen LogP contribution in [0.25, 0.3) is 0 Å². The van der Waals surface area contributed by atoms with Gasteiger partial charge in [0, 0.05) is 37.8 Å². The van der Waals surface area contributed by atoms with E-state index in [1.54, 1.807) is 12.1 Å². The monoisotopic (exact) mass is 522 g/mol. The van der Waals surface area contributed by atoms with Crippen molar-refractivity contribution in [3.63, 3.8) is 0 Å². The summed E-state index contributed by atoms with van der Waals surface area (Å²) in [6, 6.07) is 7.13. The number of nitrogens with one attached hydrogen (secondary N) is 1. The lowest BCUT2D eigenvalue weighted by Crippen LogP contribution is -2.62. The third-order valence-electron chi connectivity index (χ3n) is 6.29. The lowest BCUT2D eigenvalue weighted by atomic mass is 9.90. The van der Waals surface area contributed by atoms with Crippen molar-refractivity contribution < 1.29 is 40.2 Å². The minimum atomic E-state index is -6.14. The number of rotatable bonds is 4. The Labute approximate surface area is 201 Å². The molecule has 36 heavy (non-hydrogen) atoms. The molecule has 0 bridgehead atoms. The molecule has 2 heterocycles. The fourth-order valence-electron chi connectivity index (χ4n) is 4.38. The summed E-state index contributed by atoms with van der Waals surface area (Å²) in [5, 5.41) is 17.2. The van der Waals surface area contributed by atoms with Crippen molar-refractivity contribution in [1.29, 1.82) is 0 Å². The zero-order chi connectivity index (χ0) is 26.3. The molecule has 4 rings (SSSR count). The van der Waals surface area contributed by atoms with Crippen LogP contribution in [0.1, 0.15) is 24.4 Å². The third-order valence-corrected chi connectivity index (χ3v) is 6.29. The molecular formula is C23H22F8N4O. The zero-order valence-corrected chi connectivity index (χ0v) is 18.7. The maximum Gasteiger partial charge on any atom is 0.431 e. The summed E-state index contributed by atoms with van der Waals surface area (Å²) in [4.78, 5) is 2.07. The van der Waals surface area contributed by atoms with Crippen molar-refractivity contribution in [3.8, 4) is 0 Å². The van der Waals surface area contributed by atoms with Crippen molar-refractivity contribution in [3.05, 3.63) is 59.7 Å². The highest BCUT2D eigenvalue weighted by molar-refractivity contribution is 5.97. The fraction of sp³-hybridized carbons (Fsp3) is 0.435. The molecule has 0 aliphatic carbocycles. The Morgan fingerprint density at radius 3 is 2.17 bits per heavy atom. The van der Waals surface area contributed by atoms with E-state index in [0.29, 0.717) is 17.6 Å². The summed E-state index contributed by atoms with van der Waals surface area (Å²) in [7, 11) is 0. The van der Waals surface area contributed by atoms with Crippen molar-refractivity contribution in [2.24, 2.45) is 5.10 Å². The molecule has 13 heteroatoms. The van der Waals surface area contributed by atoms with Crippen molar-refractivity contribution >= 4 is 17.1 Å². The Bertz CT molecular complexity index is 1090. The zero-order valence-electron chi connectivity index (χ0n) is 18.7. The molecule has 2 aromatic carbocycles. The lowest BCUT2D eigenvalue weighted by Gasteiger charge is -2.32. The molecule has 0 amide bonds. The summed E-state index contributed by atoms with van der Waals surface area (Å²) < 4.78 is 109.